The smallest absolute Gasteiger partial charge is 0.269 e. The zero-order chi connectivity index (χ0) is 21.2. The van der Waals surface area contributed by atoms with Crippen molar-refractivity contribution in [2.75, 3.05) is 21.3 Å². The number of ether oxygens (including phenoxy) is 3. The average molecular weight is 415 g/mol. The molecule has 3 N–H and O–H groups in total. The van der Waals surface area contributed by atoms with Gasteiger partial charge in [0.05, 0.1) is 21.3 Å². The molecule has 0 fully saturated rings. The Morgan fingerprint density at radius 3 is 2.28 bits per heavy atom. The highest BCUT2D eigenvalue weighted by molar-refractivity contribution is 7.80. The zero-order valence-corrected chi connectivity index (χ0v) is 17.0. The molecule has 152 valence electrons. The van der Waals surface area contributed by atoms with Gasteiger partial charge in [-0.2, -0.15) is 0 Å². The van der Waals surface area contributed by atoms with E-state index in [4.69, 9.17) is 26.4 Å². The van der Waals surface area contributed by atoms with Crippen molar-refractivity contribution in [3.8, 4) is 17.2 Å². The Balaban J connectivity index is 1.88. The molecule has 2 aromatic carbocycles. The molecule has 0 bridgehead atoms. The van der Waals surface area contributed by atoms with Crippen LogP contribution in [-0.4, -0.2) is 38.3 Å². The molecule has 0 aliphatic carbocycles. The number of rotatable bonds is 6. The first-order valence-corrected chi connectivity index (χ1v) is 8.83. The fourth-order valence-corrected chi connectivity index (χ4v) is 2.47. The quantitative estimate of drug-likeness (QED) is 0.377. The molecule has 0 radical (unpaired) electrons. The zero-order valence-electron chi connectivity index (χ0n) is 16.1. The Hall–Kier alpha value is -3.59. The van der Waals surface area contributed by atoms with E-state index in [0.717, 1.165) is 5.56 Å². The van der Waals surface area contributed by atoms with Crippen molar-refractivity contribution < 1.29 is 23.8 Å². The summed E-state index contributed by atoms with van der Waals surface area (Å²) >= 11 is 5.01. The normalized spacial score (nSPS) is 10.2. The summed E-state index contributed by atoms with van der Waals surface area (Å²) in [6.07, 6.45) is 2.90. The van der Waals surface area contributed by atoms with Crippen LogP contribution in [0.15, 0.2) is 48.5 Å². The SMILES string of the molecule is COc1ccccc1/C=C/C(=O)NC(=S)NNC(=O)c1ccc(OC)c(OC)c1. The number of hydrazine groups is 1. The minimum Gasteiger partial charge on any atom is -0.496 e. The maximum absolute atomic E-state index is 12.2. The number of methoxy groups -OCH3 is 3. The topological polar surface area (TPSA) is 97.9 Å². The van der Waals surface area contributed by atoms with Crippen LogP contribution >= 0.6 is 12.2 Å². The molecular formula is C20H21N3O5S. The Bertz CT molecular complexity index is 930. The van der Waals surface area contributed by atoms with E-state index in [1.54, 1.807) is 31.4 Å². The molecule has 9 heteroatoms. The molecule has 0 spiro atoms. The van der Waals surface area contributed by atoms with Crippen LogP contribution in [0.25, 0.3) is 6.08 Å². The molecule has 0 aliphatic heterocycles. The number of nitrogens with one attached hydrogen (secondary N) is 3. The van der Waals surface area contributed by atoms with Crippen LogP contribution in [0.3, 0.4) is 0 Å². The van der Waals surface area contributed by atoms with Crippen LogP contribution in [0.1, 0.15) is 15.9 Å². The van der Waals surface area contributed by atoms with E-state index in [1.807, 2.05) is 18.2 Å². The number of hydrogen-bond acceptors (Lipinski definition) is 6. The fraction of sp³-hybridized carbons (Fsp3) is 0.150. The first-order chi connectivity index (χ1) is 14.0. The monoisotopic (exact) mass is 415 g/mol. The number of benzene rings is 2. The molecule has 0 unspecified atom stereocenters. The molecule has 0 aromatic heterocycles. The Morgan fingerprint density at radius 2 is 1.59 bits per heavy atom. The molecule has 2 aromatic rings. The third kappa shape index (κ3) is 6.22. The van der Waals surface area contributed by atoms with Crippen molar-refractivity contribution in [3.63, 3.8) is 0 Å². The maximum Gasteiger partial charge on any atom is 0.269 e. The van der Waals surface area contributed by atoms with Crippen molar-refractivity contribution in [3.05, 3.63) is 59.7 Å². The van der Waals surface area contributed by atoms with Crippen LogP contribution in [0.4, 0.5) is 0 Å². The van der Waals surface area contributed by atoms with E-state index in [2.05, 4.69) is 16.2 Å². The van der Waals surface area contributed by atoms with Crippen molar-refractivity contribution in [1.29, 1.82) is 0 Å². The van der Waals surface area contributed by atoms with E-state index < -0.39 is 11.8 Å². The Morgan fingerprint density at radius 1 is 0.897 bits per heavy atom. The van der Waals surface area contributed by atoms with Gasteiger partial charge >= 0.3 is 0 Å². The summed E-state index contributed by atoms with van der Waals surface area (Å²) in [5.74, 6) is 0.624. The van der Waals surface area contributed by atoms with Crippen LogP contribution in [0.2, 0.25) is 0 Å². The van der Waals surface area contributed by atoms with Crippen LogP contribution in [0.5, 0.6) is 17.2 Å². The molecular weight excluding hydrogens is 394 g/mol. The molecule has 8 nitrogen and oxygen atoms in total. The maximum atomic E-state index is 12.2. The van der Waals surface area contributed by atoms with Gasteiger partial charge in [-0.3, -0.25) is 25.8 Å². The summed E-state index contributed by atoms with van der Waals surface area (Å²) in [6, 6.07) is 11.9. The number of carbonyl (C=O) groups is 2. The van der Waals surface area contributed by atoms with Crippen molar-refractivity contribution in [2.45, 2.75) is 0 Å². The second-order valence-corrected chi connectivity index (χ2v) is 5.95. The van der Waals surface area contributed by atoms with Gasteiger partial charge in [0.1, 0.15) is 5.75 Å². The molecule has 0 saturated carbocycles. The van der Waals surface area contributed by atoms with Crippen molar-refractivity contribution in [1.82, 2.24) is 16.2 Å². The van der Waals surface area contributed by atoms with Crippen LogP contribution < -0.4 is 30.4 Å². The first-order valence-electron chi connectivity index (χ1n) is 8.43. The van der Waals surface area contributed by atoms with Gasteiger partial charge < -0.3 is 14.2 Å². The highest BCUT2D eigenvalue weighted by Gasteiger charge is 2.11. The van der Waals surface area contributed by atoms with E-state index in [-0.39, 0.29) is 5.11 Å². The number of para-hydroxylation sites is 1. The lowest BCUT2D eigenvalue weighted by molar-refractivity contribution is -0.115. The summed E-state index contributed by atoms with van der Waals surface area (Å²) in [7, 11) is 4.52. The third-order valence-corrected chi connectivity index (χ3v) is 3.93. The lowest BCUT2D eigenvalue weighted by Gasteiger charge is -2.12. The fourth-order valence-electron chi connectivity index (χ4n) is 2.32. The largest absolute Gasteiger partial charge is 0.496 e. The predicted octanol–water partition coefficient (Wildman–Crippen LogP) is 2.06. The molecule has 0 saturated heterocycles. The molecule has 0 atom stereocenters. The molecule has 0 aliphatic rings. The van der Waals surface area contributed by atoms with E-state index in [0.29, 0.717) is 22.8 Å². The standard InChI is InChI=1S/C20H21N3O5S/c1-26-15-7-5-4-6-13(15)9-11-18(24)21-20(29)23-22-19(25)14-8-10-16(27-2)17(12-14)28-3/h4-12H,1-3H3,(H,22,25)(H2,21,23,24,29)/b11-9+. The van der Waals surface area contributed by atoms with Crippen LogP contribution in [0, 0.1) is 0 Å². The summed E-state index contributed by atoms with van der Waals surface area (Å²) in [5, 5.41) is 2.37. The highest BCUT2D eigenvalue weighted by Crippen LogP contribution is 2.27. The molecule has 0 heterocycles. The van der Waals surface area contributed by atoms with Gasteiger partial charge in [-0.05, 0) is 42.6 Å². The second-order valence-electron chi connectivity index (χ2n) is 5.54. The van der Waals surface area contributed by atoms with Gasteiger partial charge in [0, 0.05) is 17.2 Å². The summed E-state index contributed by atoms with van der Waals surface area (Å²) in [4.78, 5) is 24.2. The van der Waals surface area contributed by atoms with Gasteiger partial charge in [-0.25, -0.2) is 0 Å². The van der Waals surface area contributed by atoms with Gasteiger partial charge in [-0.15, -0.1) is 0 Å². The van der Waals surface area contributed by atoms with Crippen LogP contribution in [-0.2, 0) is 4.79 Å². The summed E-state index contributed by atoms with van der Waals surface area (Å²) in [6.45, 7) is 0. The number of carbonyl (C=O) groups excluding carboxylic acids is 2. The molecule has 29 heavy (non-hydrogen) atoms. The number of amides is 2. The summed E-state index contributed by atoms with van der Waals surface area (Å²) in [5.41, 5.74) is 5.93. The average Bonchev–Trinajstić information content (AvgIpc) is 2.75. The minimum atomic E-state index is -0.466. The van der Waals surface area contributed by atoms with Gasteiger partial charge in [0.15, 0.2) is 16.6 Å². The Kier molecular flexibility index (Phi) is 7.99. The van der Waals surface area contributed by atoms with E-state index in [1.165, 1.54) is 26.4 Å². The van der Waals surface area contributed by atoms with E-state index in [9.17, 15) is 9.59 Å². The number of thiocarbonyl (C=S) groups is 1. The third-order valence-electron chi connectivity index (χ3n) is 3.73. The Labute approximate surface area is 173 Å². The summed E-state index contributed by atoms with van der Waals surface area (Å²) < 4.78 is 15.5. The lowest BCUT2D eigenvalue weighted by Crippen LogP contribution is -2.48. The predicted molar refractivity (Wildman–Crippen MR) is 113 cm³/mol. The lowest BCUT2D eigenvalue weighted by atomic mass is 10.2. The first kappa shape index (κ1) is 21.7. The minimum absolute atomic E-state index is 0.0616. The molecule has 2 amide bonds. The molecule has 2 rings (SSSR count). The van der Waals surface area contributed by atoms with Crippen molar-refractivity contribution in [2.24, 2.45) is 0 Å². The highest BCUT2D eigenvalue weighted by atomic mass is 32.1. The van der Waals surface area contributed by atoms with Crippen molar-refractivity contribution >= 4 is 35.2 Å². The number of hydrogen-bond donors (Lipinski definition) is 3. The van der Waals surface area contributed by atoms with E-state index >= 15 is 0 Å². The van der Waals surface area contributed by atoms with Gasteiger partial charge in [-0.1, -0.05) is 18.2 Å². The van der Waals surface area contributed by atoms with Gasteiger partial charge in [0.25, 0.3) is 5.91 Å². The second kappa shape index (κ2) is 10.7. The van der Waals surface area contributed by atoms with Gasteiger partial charge in [0.2, 0.25) is 5.91 Å².